The maximum atomic E-state index is 12.9. The monoisotopic (exact) mass is 461 g/mol. The highest BCUT2D eigenvalue weighted by atomic mass is 19.4. The predicted molar refractivity (Wildman–Crippen MR) is 113 cm³/mol. The fourth-order valence-electron chi connectivity index (χ4n) is 3.34. The van der Waals surface area contributed by atoms with Gasteiger partial charge in [0.1, 0.15) is 12.4 Å². The molecule has 11 heteroatoms. The van der Waals surface area contributed by atoms with Crippen LogP contribution in [0.25, 0.3) is 0 Å². The van der Waals surface area contributed by atoms with Crippen molar-refractivity contribution in [1.29, 1.82) is 0 Å². The van der Waals surface area contributed by atoms with Crippen molar-refractivity contribution in [2.45, 2.75) is 25.1 Å². The van der Waals surface area contributed by atoms with Gasteiger partial charge in [-0.2, -0.15) is 18.3 Å². The number of nitrogens with zero attached hydrogens (tertiary/aromatic N) is 2. The molecule has 0 bridgehead atoms. The van der Waals surface area contributed by atoms with E-state index < -0.39 is 12.1 Å². The van der Waals surface area contributed by atoms with Crippen LogP contribution >= 0.6 is 0 Å². The van der Waals surface area contributed by atoms with Crippen molar-refractivity contribution < 1.29 is 27.9 Å². The van der Waals surface area contributed by atoms with Gasteiger partial charge >= 0.3 is 12.1 Å². The summed E-state index contributed by atoms with van der Waals surface area (Å²) >= 11 is 0. The number of nitrogens with one attached hydrogen (secondary N) is 3. The number of aliphatic carboxylic acids is 1. The van der Waals surface area contributed by atoms with Gasteiger partial charge < -0.3 is 15.7 Å². The molecule has 4 N–H and O–H groups in total. The number of hydrogen-bond acceptors (Lipinski definition) is 5. The van der Waals surface area contributed by atoms with Gasteiger partial charge in [-0.25, -0.2) is 9.78 Å². The Morgan fingerprint density at radius 1 is 1.03 bits per heavy atom. The van der Waals surface area contributed by atoms with Gasteiger partial charge in [0.15, 0.2) is 5.82 Å². The number of amides is 1. The molecule has 1 aromatic heterocycles. The van der Waals surface area contributed by atoms with Crippen LogP contribution in [0.3, 0.4) is 0 Å². The molecule has 8 nitrogen and oxygen atoms in total. The minimum atomic E-state index is -5.08. The summed E-state index contributed by atoms with van der Waals surface area (Å²) in [6.07, 6.45) is -1.69. The molecule has 0 aliphatic carbocycles. The van der Waals surface area contributed by atoms with E-state index in [1.165, 1.54) is 17.5 Å². The molecule has 1 amide bonds. The number of carbonyl (C=O) groups is 2. The molecule has 0 radical (unpaired) electrons. The Hall–Kier alpha value is -3.73. The zero-order valence-electron chi connectivity index (χ0n) is 17.4. The maximum absolute atomic E-state index is 12.9. The summed E-state index contributed by atoms with van der Waals surface area (Å²) in [5, 5.41) is 20.4. The zero-order chi connectivity index (χ0) is 23.8. The smallest absolute Gasteiger partial charge is 0.475 e. The molecule has 4 rings (SSSR count). The fraction of sp³-hybridized carbons (Fsp3) is 0.273. The summed E-state index contributed by atoms with van der Waals surface area (Å²) in [6.45, 7) is 1.93. The van der Waals surface area contributed by atoms with E-state index in [0.717, 1.165) is 31.5 Å². The summed E-state index contributed by atoms with van der Waals surface area (Å²) in [5.41, 5.74) is 4.20. The van der Waals surface area contributed by atoms with E-state index in [2.05, 4.69) is 31.9 Å². The third kappa shape index (κ3) is 6.62. The molecule has 1 aliphatic rings. The van der Waals surface area contributed by atoms with Crippen LogP contribution in [0.15, 0.2) is 54.9 Å². The first kappa shape index (κ1) is 23.9. The standard InChI is InChI=1S/C20H21N5O.C2HF3O2/c26-20(17-7-6-14-8-10-21-11-9-16(14)12-17)24-18(19-22-13-23-25-19)15-4-2-1-3-5-15;3-2(4,5)1(6)7/h1-7,12-13,18,21H,8-11H2,(H,24,26)(H,22,23,25);(H,6,7). The van der Waals surface area contributed by atoms with E-state index in [9.17, 15) is 18.0 Å². The third-order valence-corrected chi connectivity index (χ3v) is 4.97. The minimum absolute atomic E-state index is 0.116. The second kappa shape index (κ2) is 10.7. The van der Waals surface area contributed by atoms with Crippen LogP contribution in [0.5, 0.6) is 0 Å². The van der Waals surface area contributed by atoms with Gasteiger partial charge in [-0.3, -0.25) is 9.89 Å². The Balaban J connectivity index is 0.000000383. The Morgan fingerprint density at radius 3 is 2.30 bits per heavy atom. The summed E-state index contributed by atoms with van der Waals surface area (Å²) in [5.74, 6) is -2.26. The molecule has 0 saturated heterocycles. The molecule has 2 heterocycles. The molecular weight excluding hydrogens is 439 g/mol. The second-order valence-electron chi connectivity index (χ2n) is 7.22. The lowest BCUT2D eigenvalue weighted by Crippen LogP contribution is -2.30. The Bertz CT molecular complexity index is 1070. The number of carboxylic acid groups (broad SMARTS) is 1. The molecular formula is C22H22F3N5O3. The van der Waals surface area contributed by atoms with Gasteiger partial charge in [0.05, 0.1) is 0 Å². The molecule has 2 aromatic carbocycles. The van der Waals surface area contributed by atoms with Gasteiger partial charge in [-0.05, 0) is 54.8 Å². The molecule has 1 unspecified atom stereocenters. The number of hydrogen-bond donors (Lipinski definition) is 4. The fourth-order valence-corrected chi connectivity index (χ4v) is 3.34. The van der Waals surface area contributed by atoms with Crippen molar-refractivity contribution in [2.75, 3.05) is 13.1 Å². The van der Waals surface area contributed by atoms with E-state index in [-0.39, 0.29) is 11.9 Å². The van der Waals surface area contributed by atoms with Gasteiger partial charge in [-0.1, -0.05) is 36.4 Å². The number of H-pyrrole nitrogens is 1. The number of halogens is 3. The quantitative estimate of drug-likeness (QED) is 0.474. The van der Waals surface area contributed by atoms with Crippen molar-refractivity contribution in [3.05, 3.63) is 82.9 Å². The van der Waals surface area contributed by atoms with Crippen LogP contribution in [0, 0.1) is 0 Å². The Morgan fingerprint density at radius 2 is 1.70 bits per heavy atom. The van der Waals surface area contributed by atoms with Crippen LogP contribution in [-0.4, -0.2) is 51.4 Å². The highest BCUT2D eigenvalue weighted by molar-refractivity contribution is 5.95. The number of rotatable bonds is 4. The topological polar surface area (TPSA) is 120 Å². The van der Waals surface area contributed by atoms with Gasteiger partial charge in [-0.15, -0.1) is 0 Å². The summed E-state index contributed by atoms with van der Waals surface area (Å²) in [4.78, 5) is 26.0. The third-order valence-electron chi connectivity index (χ3n) is 4.97. The highest BCUT2D eigenvalue weighted by Gasteiger charge is 2.38. The number of fused-ring (bicyclic) bond motifs is 1. The molecule has 0 saturated carbocycles. The van der Waals surface area contributed by atoms with E-state index in [1.807, 2.05) is 42.5 Å². The summed E-state index contributed by atoms with van der Waals surface area (Å²) < 4.78 is 31.7. The lowest BCUT2D eigenvalue weighted by molar-refractivity contribution is -0.192. The lowest BCUT2D eigenvalue weighted by Gasteiger charge is -2.17. The SMILES string of the molecule is O=C(NC(c1ccccc1)c1ncn[nH]1)c1ccc2c(c1)CCNCC2.O=C(O)C(F)(F)F. The average molecular weight is 461 g/mol. The predicted octanol–water partition coefficient (Wildman–Crippen LogP) is 2.65. The second-order valence-corrected chi connectivity index (χ2v) is 7.22. The zero-order valence-corrected chi connectivity index (χ0v) is 17.4. The van der Waals surface area contributed by atoms with Crippen molar-refractivity contribution in [3.8, 4) is 0 Å². The van der Waals surface area contributed by atoms with E-state index in [0.29, 0.717) is 11.4 Å². The van der Waals surface area contributed by atoms with E-state index in [1.54, 1.807) is 0 Å². The number of carbonyl (C=O) groups excluding carboxylic acids is 1. The number of carboxylic acids is 1. The van der Waals surface area contributed by atoms with E-state index in [4.69, 9.17) is 9.90 Å². The number of aromatic nitrogens is 3. The van der Waals surface area contributed by atoms with Crippen LogP contribution in [-0.2, 0) is 17.6 Å². The summed E-state index contributed by atoms with van der Waals surface area (Å²) in [7, 11) is 0. The van der Waals surface area contributed by atoms with Crippen molar-refractivity contribution in [1.82, 2.24) is 25.8 Å². The molecule has 1 aliphatic heterocycles. The first-order valence-corrected chi connectivity index (χ1v) is 10.1. The normalized spacial score (nSPS) is 14.2. The average Bonchev–Trinajstić information content (AvgIpc) is 3.22. The first-order chi connectivity index (χ1) is 15.8. The van der Waals surface area contributed by atoms with Gasteiger partial charge in [0.2, 0.25) is 0 Å². The molecule has 0 fully saturated rings. The van der Waals surface area contributed by atoms with Gasteiger partial charge in [0.25, 0.3) is 5.91 Å². The van der Waals surface area contributed by atoms with Crippen LogP contribution < -0.4 is 10.6 Å². The number of benzene rings is 2. The van der Waals surface area contributed by atoms with Crippen LogP contribution in [0.4, 0.5) is 13.2 Å². The van der Waals surface area contributed by atoms with Gasteiger partial charge in [0, 0.05) is 5.56 Å². The number of alkyl halides is 3. The molecule has 1 atom stereocenters. The van der Waals surface area contributed by atoms with Crippen molar-refractivity contribution in [3.63, 3.8) is 0 Å². The first-order valence-electron chi connectivity index (χ1n) is 10.1. The van der Waals surface area contributed by atoms with Crippen LogP contribution in [0.1, 0.15) is 38.9 Å². The highest BCUT2D eigenvalue weighted by Crippen LogP contribution is 2.20. The van der Waals surface area contributed by atoms with Crippen LogP contribution in [0.2, 0.25) is 0 Å². The Kier molecular flexibility index (Phi) is 7.78. The maximum Gasteiger partial charge on any atom is 0.490 e. The Labute approximate surface area is 187 Å². The van der Waals surface area contributed by atoms with Crippen molar-refractivity contribution in [2.24, 2.45) is 0 Å². The lowest BCUT2D eigenvalue weighted by atomic mass is 9.99. The number of aromatic amines is 1. The molecule has 174 valence electrons. The minimum Gasteiger partial charge on any atom is -0.475 e. The largest absolute Gasteiger partial charge is 0.490 e. The molecule has 0 spiro atoms. The summed E-state index contributed by atoms with van der Waals surface area (Å²) in [6, 6.07) is 15.4. The molecule has 3 aromatic rings. The van der Waals surface area contributed by atoms with E-state index >= 15 is 0 Å². The van der Waals surface area contributed by atoms with Crippen molar-refractivity contribution >= 4 is 11.9 Å². The molecule has 33 heavy (non-hydrogen) atoms.